The van der Waals surface area contributed by atoms with Crippen molar-refractivity contribution in [1.29, 1.82) is 0 Å². The zero-order valence-electron chi connectivity index (χ0n) is 36.2. The molecule has 8 atom stereocenters. The lowest BCUT2D eigenvalue weighted by atomic mass is 9.92. The van der Waals surface area contributed by atoms with E-state index in [1.807, 2.05) is 19.1 Å². The lowest BCUT2D eigenvalue weighted by Gasteiger charge is -2.33. The van der Waals surface area contributed by atoms with Crippen LogP contribution in [0.25, 0.3) is 44.2 Å². The van der Waals surface area contributed by atoms with E-state index in [0.29, 0.717) is 37.6 Å². The molecule has 0 aliphatic carbocycles. The first kappa shape index (κ1) is 42.5. The fourth-order valence-corrected chi connectivity index (χ4v) is 9.20. The molecule has 4 amide bonds. The van der Waals surface area contributed by atoms with Gasteiger partial charge < -0.3 is 54.1 Å². The van der Waals surface area contributed by atoms with E-state index in [1.165, 1.54) is 28.4 Å². The van der Waals surface area contributed by atoms with Gasteiger partial charge in [-0.2, -0.15) is 0 Å². The van der Waals surface area contributed by atoms with E-state index < -0.39 is 36.5 Å². The molecule has 17 heteroatoms. The summed E-state index contributed by atoms with van der Waals surface area (Å²) in [6, 6.07) is 11.9. The lowest BCUT2D eigenvalue weighted by molar-refractivity contribution is -0.139. The number of amides is 4. The average Bonchev–Trinajstić information content (AvgIpc) is 4.11. The Labute approximate surface area is 359 Å². The number of ether oxygens (including phenoxy) is 5. The predicted molar refractivity (Wildman–Crippen MR) is 229 cm³/mol. The Morgan fingerprint density at radius 2 is 1.53 bits per heavy atom. The van der Waals surface area contributed by atoms with Crippen LogP contribution >= 0.6 is 0 Å². The molecule has 0 spiro atoms. The fourth-order valence-electron chi connectivity index (χ4n) is 9.20. The number of carbonyl (C=O) groups excluding carboxylic acids is 4. The number of carbonyl (C=O) groups is 4. The minimum Gasteiger partial charge on any atom is -0.488 e. The van der Waals surface area contributed by atoms with E-state index in [4.69, 9.17) is 33.7 Å². The molecule has 0 bridgehead atoms. The van der Waals surface area contributed by atoms with Crippen molar-refractivity contribution in [3.8, 4) is 28.1 Å². The number of likely N-dealkylation sites (tertiary alicyclic amines) is 2. The molecule has 0 unspecified atom stereocenters. The fraction of sp³-hybridized carbons (Fsp3) is 0.467. The van der Waals surface area contributed by atoms with Gasteiger partial charge in [-0.25, -0.2) is 19.6 Å². The minimum atomic E-state index is -0.938. The summed E-state index contributed by atoms with van der Waals surface area (Å²) in [5, 5.41) is 7.22. The van der Waals surface area contributed by atoms with E-state index in [0.717, 1.165) is 61.9 Å². The van der Waals surface area contributed by atoms with Gasteiger partial charge in [-0.3, -0.25) is 9.59 Å². The molecule has 8 rings (SSSR count). The number of imidazole rings is 2. The molecule has 3 aliphatic rings. The van der Waals surface area contributed by atoms with E-state index >= 15 is 0 Å². The molecule has 62 heavy (non-hydrogen) atoms. The van der Waals surface area contributed by atoms with Gasteiger partial charge in [-0.1, -0.05) is 25.1 Å². The van der Waals surface area contributed by atoms with Gasteiger partial charge in [0.05, 0.1) is 61.4 Å². The molecule has 3 aliphatic heterocycles. The summed E-state index contributed by atoms with van der Waals surface area (Å²) in [7, 11) is 5.52. The van der Waals surface area contributed by atoms with Crippen molar-refractivity contribution < 1.29 is 42.9 Å². The summed E-state index contributed by atoms with van der Waals surface area (Å²) >= 11 is 0. The second-order valence-electron chi connectivity index (χ2n) is 16.6. The maximum atomic E-state index is 14.0. The number of rotatable bonds is 11. The van der Waals surface area contributed by atoms with Crippen LogP contribution in [0.5, 0.6) is 5.75 Å². The van der Waals surface area contributed by atoms with E-state index in [9.17, 15) is 19.2 Å². The minimum absolute atomic E-state index is 0.0848. The highest BCUT2D eigenvalue weighted by molar-refractivity contribution is 6.07. The number of benzene rings is 3. The summed E-state index contributed by atoms with van der Waals surface area (Å²) in [6.07, 6.45) is 1.41. The molecular weight excluding hydrogens is 797 g/mol. The van der Waals surface area contributed by atoms with Gasteiger partial charge in [-0.05, 0) is 92.3 Å². The van der Waals surface area contributed by atoms with E-state index in [2.05, 4.69) is 57.9 Å². The van der Waals surface area contributed by atoms with Crippen LogP contribution in [0.15, 0.2) is 48.7 Å². The SMILES string of the molecule is COC(=O)N[C@H](C(=O)N1C[C@@H](C)C[C@H]1c1ncc(-c2ccc3c(c2)COc2cc4c(ccc5[nH]c([C@@H]6CC[C@H](C)N6C(=O)[C@@H](NC(=O)OC)[C@@H](C)OC)nc54)cc2-3)[nH]1)[C@@H](C)OC. The Morgan fingerprint density at radius 3 is 2.23 bits per heavy atom. The first-order valence-electron chi connectivity index (χ1n) is 21.0. The molecule has 2 saturated heterocycles. The normalized spacial score (nSPS) is 21.4. The number of alkyl carbamates (subject to hydrolysis) is 2. The van der Waals surface area contributed by atoms with Crippen LogP contribution in [0.1, 0.15) is 76.3 Å². The van der Waals surface area contributed by atoms with Crippen LogP contribution in [0.2, 0.25) is 0 Å². The molecule has 2 fully saturated rings. The number of nitrogens with zero attached hydrogens (tertiary/aromatic N) is 4. The summed E-state index contributed by atoms with van der Waals surface area (Å²) in [4.78, 5) is 72.7. The van der Waals surface area contributed by atoms with Gasteiger partial charge in [-0.15, -0.1) is 0 Å². The molecule has 4 N–H and O–H groups in total. The van der Waals surface area contributed by atoms with Crippen LogP contribution in [0.3, 0.4) is 0 Å². The third-order valence-corrected chi connectivity index (χ3v) is 12.8. The Balaban J connectivity index is 1.04. The van der Waals surface area contributed by atoms with Crippen molar-refractivity contribution in [2.24, 2.45) is 5.92 Å². The van der Waals surface area contributed by atoms with Crippen LogP contribution in [0, 0.1) is 5.92 Å². The highest BCUT2D eigenvalue weighted by Crippen LogP contribution is 2.44. The Bertz CT molecular complexity index is 2520. The second kappa shape index (κ2) is 17.3. The predicted octanol–water partition coefficient (Wildman–Crippen LogP) is 6.15. The number of H-pyrrole nitrogens is 2. The zero-order chi connectivity index (χ0) is 44.0. The Kier molecular flexibility index (Phi) is 11.8. The van der Waals surface area contributed by atoms with E-state index in [1.54, 1.807) is 29.8 Å². The molecule has 328 valence electrons. The largest absolute Gasteiger partial charge is 0.488 e. The quantitative estimate of drug-likeness (QED) is 0.119. The third-order valence-electron chi connectivity index (χ3n) is 12.8. The molecule has 5 heterocycles. The number of nitrogens with one attached hydrogen (secondary N) is 4. The highest BCUT2D eigenvalue weighted by atomic mass is 16.5. The highest BCUT2D eigenvalue weighted by Gasteiger charge is 2.43. The van der Waals surface area contributed by atoms with Crippen molar-refractivity contribution in [1.82, 2.24) is 40.4 Å². The van der Waals surface area contributed by atoms with Crippen molar-refractivity contribution in [3.63, 3.8) is 0 Å². The number of hydrogen-bond donors (Lipinski definition) is 4. The number of aromatic amines is 2. The second-order valence-corrected chi connectivity index (χ2v) is 16.6. The first-order chi connectivity index (χ1) is 29.8. The molecule has 2 aromatic heterocycles. The van der Waals surface area contributed by atoms with Crippen LogP contribution in [0.4, 0.5) is 9.59 Å². The number of fused-ring (bicyclic) bond motifs is 6. The molecular formula is C45H54N8O9. The topological polar surface area (TPSA) is 202 Å². The third kappa shape index (κ3) is 7.79. The van der Waals surface area contributed by atoms with Gasteiger partial charge in [0, 0.05) is 37.8 Å². The monoisotopic (exact) mass is 850 g/mol. The number of aromatic nitrogens is 4. The zero-order valence-corrected chi connectivity index (χ0v) is 36.2. The number of methoxy groups -OCH3 is 4. The molecule has 0 radical (unpaired) electrons. The maximum absolute atomic E-state index is 14.0. The van der Waals surface area contributed by atoms with E-state index in [-0.39, 0.29) is 35.9 Å². The summed E-state index contributed by atoms with van der Waals surface area (Å²) in [5.74, 6) is 1.78. The van der Waals surface area contributed by atoms with Gasteiger partial charge in [0.2, 0.25) is 11.8 Å². The molecule has 3 aromatic carbocycles. The van der Waals surface area contributed by atoms with Crippen molar-refractivity contribution >= 4 is 45.8 Å². The van der Waals surface area contributed by atoms with Crippen molar-refractivity contribution in [2.45, 2.75) is 96.0 Å². The Morgan fingerprint density at radius 1 is 0.823 bits per heavy atom. The van der Waals surface area contributed by atoms with Gasteiger partial charge in [0.15, 0.2) is 0 Å². The van der Waals surface area contributed by atoms with Gasteiger partial charge in [0.25, 0.3) is 0 Å². The van der Waals surface area contributed by atoms with Crippen LogP contribution < -0.4 is 15.4 Å². The molecule has 5 aromatic rings. The van der Waals surface area contributed by atoms with Crippen molar-refractivity contribution in [2.75, 3.05) is 35.0 Å². The summed E-state index contributed by atoms with van der Waals surface area (Å²) < 4.78 is 26.9. The van der Waals surface area contributed by atoms with Crippen LogP contribution in [-0.4, -0.2) is 119 Å². The summed E-state index contributed by atoms with van der Waals surface area (Å²) in [5.41, 5.74) is 6.42. The molecule has 17 nitrogen and oxygen atoms in total. The first-order valence-corrected chi connectivity index (χ1v) is 21.0. The smallest absolute Gasteiger partial charge is 0.407 e. The van der Waals surface area contributed by atoms with Crippen molar-refractivity contribution in [3.05, 3.63) is 65.9 Å². The average molecular weight is 851 g/mol. The Hall–Kier alpha value is -6.20. The van der Waals surface area contributed by atoms with Crippen LogP contribution in [-0.2, 0) is 35.1 Å². The number of hydrogen-bond acceptors (Lipinski definition) is 11. The van der Waals surface area contributed by atoms with Gasteiger partial charge >= 0.3 is 12.2 Å². The maximum Gasteiger partial charge on any atom is 0.407 e. The molecule has 0 saturated carbocycles. The standard InChI is InChI=1S/C45H54N8O9/c1-22-15-35(52(20-22)42(54)37(24(3)58-5)50-44(56)60-7)40-46-19-33(48-40)27-10-12-29-28(16-27)21-62-36-18-30-26(17-31(29)36)11-13-32-39(30)49-41(47-32)34-14-9-23(2)53(34)43(55)38(25(4)59-6)51-45(57)61-8/h10-13,16-19,22-25,34-35,37-38H,9,14-15,20-21H2,1-8H3,(H,46,48)(H,47,49)(H,50,56)(H,51,57)/t22-,23-,24+,25+,34-,35-,37-,38-/m0/s1. The summed E-state index contributed by atoms with van der Waals surface area (Å²) in [6.45, 7) is 8.44. The lowest BCUT2D eigenvalue weighted by Crippen LogP contribution is -2.55. The van der Waals surface area contributed by atoms with Gasteiger partial charge in [0.1, 0.15) is 36.1 Å².